The van der Waals surface area contributed by atoms with Gasteiger partial charge in [-0.15, -0.1) is 0 Å². The molecule has 4 atom stereocenters. The standard InChI is InChI=1S/C20H25F2NO5/c1-5-27-17(25)16(24)15-14-9-20(14,11-6-12(21)8-13(22)7-11)10-23(15)18(26)28-19(2,3)4/h6-8,14-16,24H,5,9-10H2,1-4H3. The molecule has 154 valence electrons. The summed E-state index contributed by atoms with van der Waals surface area (Å²) < 4.78 is 37.8. The minimum Gasteiger partial charge on any atom is -0.464 e. The van der Waals surface area contributed by atoms with Crippen molar-refractivity contribution in [1.82, 2.24) is 4.90 Å². The van der Waals surface area contributed by atoms with Crippen molar-refractivity contribution in [3.05, 3.63) is 35.4 Å². The van der Waals surface area contributed by atoms with Crippen LogP contribution in [0.15, 0.2) is 18.2 Å². The Morgan fingerprint density at radius 1 is 1.29 bits per heavy atom. The van der Waals surface area contributed by atoms with Crippen molar-refractivity contribution in [2.24, 2.45) is 5.92 Å². The molecule has 1 heterocycles. The number of aliphatic hydroxyl groups excluding tert-OH is 1. The van der Waals surface area contributed by atoms with Gasteiger partial charge in [-0.1, -0.05) is 0 Å². The van der Waals surface area contributed by atoms with Gasteiger partial charge in [-0.2, -0.15) is 0 Å². The van der Waals surface area contributed by atoms with Crippen LogP contribution in [-0.2, 0) is 19.7 Å². The number of carbonyl (C=O) groups is 2. The second-order valence-electron chi connectivity index (χ2n) is 8.42. The van der Waals surface area contributed by atoms with E-state index in [0.29, 0.717) is 12.0 Å². The van der Waals surface area contributed by atoms with E-state index in [1.54, 1.807) is 27.7 Å². The van der Waals surface area contributed by atoms with Gasteiger partial charge in [0.05, 0.1) is 12.6 Å². The van der Waals surface area contributed by atoms with Gasteiger partial charge in [0, 0.05) is 18.0 Å². The number of esters is 1. The van der Waals surface area contributed by atoms with E-state index in [9.17, 15) is 23.5 Å². The second-order valence-corrected chi connectivity index (χ2v) is 8.42. The highest BCUT2D eigenvalue weighted by molar-refractivity contribution is 5.78. The highest BCUT2D eigenvalue weighted by atomic mass is 19.1. The molecule has 1 amide bonds. The zero-order valence-corrected chi connectivity index (χ0v) is 16.4. The highest BCUT2D eigenvalue weighted by Gasteiger charge is 2.69. The van der Waals surface area contributed by atoms with Crippen LogP contribution in [-0.4, -0.2) is 53.0 Å². The maximum absolute atomic E-state index is 13.8. The highest BCUT2D eigenvalue weighted by Crippen LogP contribution is 2.63. The fourth-order valence-corrected chi connectivity index (χ4v) is 4.12. The molecule has 1 aromatic rings. The summed E-state index contributed by atoms with van der Waals surface area (Å²) >= 11 is 0. The number of carbonyl (C=O) groups excluding carboxylic acids is 2. The van der Waals surface area contributed by atoms with Crippen molar-refractivity contribution >= 4 is 12.1 Å². The van der Waals surface area contributed by atoms with Gasteiger partial charge in [0.15, 0.2) is 6.10 Å². The SMILES string of the molecule is CCOC(=O)C(O)C1C2CC2(c2cc(F)cc(F)c2)CN1C(=O)OC(C)(C)C. The predicted molar refractivity (Wildman–Crippen MR) is 95.5 cm³/mol. The number of fused-ring (bicyclic) bond motifs is 1. The molecule has 0 radical (unpaired) electrons. The number of rotatable bonds is 4. The summed E-state index contributed by atoms with van der Waals surface area (Å²) in [5, 5.41) is 10.6. The monoisotopic (exact) mass is 397 g/mol. The lowest BCUT2D eigenvalue weighted by Crippen LogP contribution is -2.50. The summed E-state index contributed by atoms with van der Waals surface area (Å²) in [5.74, 6) is -2.60. The summed E-state index contributed by atoms with van der Waals surface area (Å²) in [5.41, 5.74) is -1.10. The first-order chi connectivity index (χ1) is 13.0. The fourth-order valence-electron chi connectivity index (χ4n) is 4.12. The van der Waals surface area contributed by atoms with Gasteiger partial charge in [0.25, 0.3) is 0 Å². The third kappa shape index (κ3) is 3.70. The summed E-state index contributed by atoms with van der Waals surface area (Å²) in [7, 11) is 0. The number of ether oxygens (including phenoxy) is 2. The Morgan fingerprint density at radius 2 is 1.89 bits per heavy atom. The molecule has 28 heavy (non-hydrogen) atoms. The average molecular weight is 397 g/mol. The Labute approximate surface area is 162 Å². The average Bonchev–Trinajstić information content (AvgIpc) is 3.18. The van der Waals surface area contributed by atoms with Crippen LogP contribution < -0.4 is 0 Å². The number of nitrogens with zero attached hydrogens (tertiary/aromatic N) is 1. The smallest absolute Gasteiger partial charge is 0.410 e. The first-order valence-electron chi connectivity index (χ1n) is 9.29. The van der Waals surface area contributed by atoms with Crippen LogP contribution in [0.5, 0.6) is 0 Å². The minimum absolute atomic E-state index is 0.0833. The molecule has 2 aliphatic rings. The van der Waals surface area contributed by atoms with Gasteiger partial charge in [-0.25, -0.2) is 18.4 Å². The molecule has 6 nitrogen and oxygen atoms in total. The molecule has 1 aliphatic heterocycles. The first-order valence-corrected chi connectivity index (χ1v) is 9.29. The van der Waals surface area contributed by atoms with Gasteiger partial charge in [-0.05, 0) is 57.7 Å². The maximum atomic E-state index is 13.8. The number of halogens is 2. The lowest BCUT2D eigenvalue weighted by Gasteiger charge is -2.32. The van der Waals surface area contributed by atoms with E-state index in [2.05, 4.69) is 0 Å². The Hall–Kier alpha value is -2.22. The topological polar surface area (TPSA) is 76.1 Å². The van der Waals surface area contributed by atoms with Gasteiger partial charge < -0.3 is 19.5 Å². The van der Waals surface area contributed by atoms with E-state index in [1.807, 2.05) is 0 Å². The molecule has 2 fully saturated rings. The van der Waals surface area contributed by atoms with Crippen LogP contribution in [0.1, 0.15) is 39.7 Å². The van der Waals surface area contributed by atoms with Crippen molar-refractivity contribution in [2.45, 2.75) is 57.3 Å². The summed E-state index contributed by atoms with van der Waals surface area (Å²) in [6.45, 7) is 6.90. The quantitative estimate of drug-likeness (QED) is 0.791. The molecule has 1 saturated carbocycles. The second kappa shape index (κ2) is 6.99. The van der Waals surface area contributed by atoms with Crippen LogP contribution in [0.25, 0.3) is 0 Å². The molecule has 1 saturated heterocycles. The number of benzene rings is 1. The normalized spacial score (nSPS) is 27.2. The van der Waals surface area contributed by atoms with Crippen molar-refractivity contribution in [1.29, 1.82) is 0 Å². The Kier molecular flexibility index (Phi) is 5.12. The molecule has 0 bridgehead atoms. The molecule has 1 aliphatic carbocycles. The Morgan fingerprint density at radius 3 is 2.43 bits per heavy atom. The lowest BCUT2D eigenvalue weighted by molar-refractivity contribution is -0.156. The largest absolute Gasteiger partial charge is 0.464 e. The number of aliphatic hydroxyl groups is 1. The van der Waals surface area contributed by atoms with Crippen LogP contribution in [0.2, 0.25) is 0 Å². The van der Waals surface area contributed by atoms with Crippen LogP contribution in [0.4, 0.5) is 13.6 Å². The number of amides is 1. The number of hydrogen-bond donors (Lipinski definition) is 1. The van der Waals surface area contributed by atoms with E-state index in [-0.39, 0.29) is 19.1 Å². The van der Waals surface area contributed by atoms with Gasteiger partial charge in [-0.3, -0.25) is 0 Å². The molecule has 0 aromatic heterocycles. The molecule has 1 aromatic carbocycles. The Bertz CT molecular complexity index is 773. The lowest BCUT2D eigenvalue weighted by atomic mass is 9.93. The Balaban J connectivity index is 1.94. The molecule has 0 spiro atoms. The van der Waals surface area contributed by atoms with Crippen LogP contribution in [0, 0.1) is 17.6 Å². The minimum atomic E-state index is -1.57. The summed E-state index contributed by atoms with van der Waals surface area (Å²) in [4.78, 5) is 26.1. The van der Waals surface area contributed by atoms with Gasteiger partial charge >= 0.3 is 12.1 Å². The van der Waals surface area contributed by atoms with Crippen molar-refractivity contribution in [3.63, 3.8) is 0 Å². The first kappa shape index (κ1) is 20.5. The van der Waals surface area contributed by atoms with Crippen LogP contribution in [0.3, 0.4) is 0 Å². The molecule has 3 rings (SSSR count). The number of piperidine rings is 1. The maximum Gasteiger partial charge on any atom is 0.410 e. The zero-order chi connectivity index (χ0) is 20.9. The third-order valence-corrected chi connectivity index (χ3v) is 5.28. The third-order valence-electron chi connectivity index (χ3n) is 5.28. The van der Waals surface area contributed by atoms with Crippen molar-refractivity contribution in [3.8, 4) is 0 Å². The molecular weight excluding hydrogens is 372 g/mol. The molecule has 4 unspecified atom stereocenters. The zero-order valence-electron chi connectivity index (χ0n) is 16.4. The van der Waals surface area contributed by atoms with E-state index < -0.39 is 46.9 Å². The van der Waals surface area contributed by atoms with E-state index in [1.165, 1.54) is 17.0 Å². The molecular formula is C20H25F2NO5. The van der Waals surface area contributed by atoms with E-state index in [4.69, 9.17) is 9.47 Å². The van der Waals surface area contributed by atoms with Gasteiger partial charge in [0.2, 0.25) is 0 Å². The molecule has 8 heteroatoms. The van der Waals surface area contributed by atoms with E-state index >= 15 is 0 Å². The van der Waals surface area contributed by atoms with E-state index in [0.717, 1.165) is 6.07 Å². The summed E-state index contributed by atoms with van der Waals surface area (Å²) in [6, 6.07) is 2.36. The molecule has 1 N–H and O–H groups in total. The van der Waals surface area contributed by atoms with Crippen molar-refractivity contribution in [2.75, 3.05) is 13.2 Å². The van der Waals surface area contributed by atoms with Crippen LogP contribution >= 0.6 is 0 Å². The predicted octanol–water partition coefficient (Wildman–Crippen LogP) is 2.77. The van der Waals surface area contributed by atoms with Gasteiger partial charge in [0.1, 0.15) is 17.2 Å². The summed E-state index contributed by atoms with van der Waals surface area (Å²) in [6.07, 6.45) is -1.76. The van der Waals surface area contributed by atoms with Crippen molar-refractivity contribution < 1.29 is 33.0 Å². The fraction of sp³-hybridized carbons (Fsp3) is 0.600. The number of hydrogen-bond acceptors (Lipinski definition) is 5. The number of likely N-dealkylation sites (tertiary alicyclic amines) is 1.